The summed E-state index contributed by atoms with van der Waals surface area (Å²) in [7, 11) is 0. The van der Waals surface area contributed by atoms with E-state index in [-0.39, 0.29) is 6.42 Å². The van der Waals surface area contributed by atoms with Crippen LogP contribution in [0.4, 0.5) is 0 Å². The largest absolute Gasteiger partial charge is 0.481 e. The molecule has 0 unspecified atom stereocenters. The SMILES string of the molecule is O=C(O)CCCCc1cn(-c2cc(Cl)ccc2Cl)nn1. The number of rotatable bonds is 6. The van der Waals surface area contributed by atoms with E-state index >= 15 is 0 Å². The number of halogens is 2. The standard InChI is InChI=1S/C13H13Cl2N3O2/c14-9-5-6-11(15)12(7-9)18-8-10(16-17-18)3-1-2-4-13(19)20/h5-8H,1-4H2,(H,19,20). The van der Waals surface area contributed by atoms with E-state index in [4.69, 9.17) is 28.3 Å². The predicted octanol–water partition coefficient (Wildman–Crippen LogP) is 3.37. The molecule has 0 aliphatic heterocycles. The molecule has 20 heavy (non-hydrogen) atoms. The molecule has 2 rings (SSSR count). The van der Waals surface area contributed by atoms with Gasteiger partial charge in [0.05, 0.1) is 22.6 Å². The van der Waals surface area contributed by atoms with Crippen molar-refractivity contribution in [3.05, 3.63) is 40.1 Å². The minimum absolute atomic E-state index is 0.175. The van der Waals surface area contributed by atoms with E-state index < -0.39 is 5.97 Å². The Labute approximate surface area is 126 Å². The summed E-state index contributed by atoms with van der Waals surface area (Å²) in [6, 6.07) is 5.12. The van der Waals surface area contributed by atoms with Crippen molar-refractivity contribution in [1.29, 1.82) is 0 Å². The third kappa shape index (κ3) is 3.95. The number of unbranched alkanes of at least 4 members (excludes halogenated alkanes) is 1. The number of aromatic nitrogens is 3. The molecule has 1 heterocycles. The molecule has 1 aromatic carbocycles. The zero-order valence-corrected chi connectivity index (χ0v) is 12.1. The Morgan fingerprint density at radius 2 is 2.10 bits per heavy atom. The molecule has 2 aromatic rings. The molecule has 1 N–H and O–H groups in total. The Balaban J connectivity index is 2.01. The maximum atomic E-state index is 10.4. The van der Waals surface area contributed by atoms with Crippen LogP contribution in [0.15, 0.2) is 24.4 Å². The topological polar surface area (TPSA) is 68.0 Å². The van der Waals surface area contributed by atoms with Gasteiger partial charge in [-0.3, -0.25) is 4.79 Å². The van der Waals surface area contributed by atoms with Gasteiger partial charge in [0.25, 0.3) is 0 Å². The van der Waals surface area contributed by atoms with Crippen molar-refractivity contribution in [3.63, 3.8) is 0 Å². The van der Waals surface area contributed by atoms with Gasteiger partial charge in [-0.2, -0.15) is 0 Å². The number of aryl methyl sites for hydroxylation is 1. The third-order valence-corrected chi connectivity index (χ3v) is 3.32. The predicted molar refractivity (Wildman–Crippen MR) is 76.6 cm³/mol. The second-order valence-electron chi connectivity index (χ2n) is 4.35. The highest BCUT2D eigenvalue weighted by molar-refractivity contribution is 6.34. The molecule has 0 bridgehead atoms. The van der Waals surface area contributed by atoms with E-state index in [0.29, 0.717) is 28.6 Å². The van der Waals surface area contributed by atoms with Crippen LogP contribution in [-0.2, 0) is 11.2 Å². The molecule has 7 heteroatoms. The van der Waals surface area contributed by atoms with Crippen LogP contribution in [0.5, 0.6) is 0 Å². The second kappa shape index (κ2) is 6.72. The van der Waals surface area contributed by atoms with Crippen molar-refractivity contribution >= 4 is 29.2 Å². The first-order chi connectivity index (χ1) is 9.56. The molecular weight excluding hydrogens is 301 g/mol. The molecule has 0 amide bonds. The molecule has 0 aliphatic rings. The highest BCUT2D eigenvalue weighted by Gasteiger charge is 2.07. The van der Waals surface area contributed by atoms with Gasteiger partial charge in [0.15, 0.2) is 0 Å². The number of carboxylic acids is 1. The van der Waals surface area contributed by atoms with Crippen LogP contribution in [0, 0.1) is 0 Å². The average molecular weight is 314 g/mol. The number of carboxylic acid groups (broad SMARTS) is 1. The Morgan fingerprint density at radius 3 is 2.85 bits per heavy atom. The van der Waals surface area contributed by atoms with Crippen LogP contribution in [0.3, 0.4) is 0 Å². The lowest BCUT2D eigenvalue weighted by Crippen LogP contribution is -1.96. The normalized spacial score (nSPS) is 10.7. The molecule has 5 nitrogen and oxygen atoms in total. The average Bonchev–Trinajstić information content (AvgIpc) is 2.86. The molecule has 0 radical (unpaired) electrons. The van der Waals surface area contributed by atoms with Crippen LogP contribution in [-0.4, -0.2) is 26.1 Å². The highest BCUT2D eigenvalue weighted by atomic mass is 35.5. The van der Waals surface area contributed by atoms with E-state index in [1.165, 1.54) is 0 Å². The molecule has 106 valence electrons. The Bertz CT molecular complexity index is 613. The minimum atomic E-state index is -0.778. The van der Waals surface area contributed by atoms with Crippen molar-refractivity contribution in [2.24, 2.45) is 0 Å². The van der Waals surface area contributed by atoms with Crippen LogP contribution in [0.1, 0.15) is 25.0 Å². The summed E-state index contributed by atoms with van der Waals surface area (Å²) in [6.07, 6.45) is 4.02. The third-order valence-electron chi connectivity index (χ3n) is 2.77. The Hall–Kier alpha value is -1.59. The molecule has 0 spiro atoms. The van der Waals surface area contributed by atoms with E-state index in [1.54, 1.807) is 29.1 Å². The van der Waals surface area contributed by atoms with E-state index in [9.17, 15) is 4.79 Å². The molecule has 0 saturated carbocycles. The van der Waals surface area contributed by atoms with Crippen LogP contribution in [0.2, 0.25) is 10.0 Å². The van der Waals surface area contributed by atoms with Crippen LogP contribution >= 0.6 is 23.2 Å². The fourth-order valence-corrected chi connectivity index (χ4v) is 2.14. The quantitative estimate of drug-likeness (QED) is 0.830. The van der Waals surface area contributed by atoms with Crippen LogP contribution < -0.4 is 0 Å². The molecule has 0 saturated heterocycles. The van der Waals surface area contributed by atoms with Gasteiger partial charge in [0, 0.05) is 11.4 Å². The van der Waals surface area contributed by atoms with Gasteiger partial charge in [-0.05, 0) is 37.5 Å². The van der Waals surface area contributed by atoms with Crippen molar-refractivity contribution in [3.8, 4) is 5.69 Å². The summed E-state index contributed by atoms with van der Waals surface area (Å²) in [4.78, 5) is 10.4. The summed E-state index contributed by atoms with van der Waals surface area (Å²) < 4.78 is 1.57. The molecular formula is C13H13Cl2N3O2. The first kappa shape index (κ1) is 14.8. The number of carbonyl (C=O) groups is 1. The molecule has 0 aliphatic carbocycles. The lowest BCUT2D eigenvalue weighted by molar-refractivity contribution is -0.137. The lowest BCUT2D eigenvalue weighted by Gasteiger charge is -2.03. The first-order valence-corrected chi connectivity index (χ1v) is 6.90. The fraction of sp³-hybridized carbons (Fsp3) is 0.308. The first-order valence-electron chi connectivity index (χ1n) is 6.14. The highest BCUT2D eigenvalue weighted by Crippen LogP contribution is 2.23. The van der Waals surface area contributed by atoms with Gasteiger partial charge in [0.1, 0.15) is 0 Å². The second-order valence-corrected chi connectivity index (χ2v) is 5.19. The molecule has 1 aromatic heterocycles. The van der Waals surface area contributed by atoms with Gasteiger partial charge in [0.2, 0.25) is 0 Å². The number of hydrogen-bond acceptors (Lipinski definition) is 3. The van der Waals surface area contributed by atoms with E-state index in [1.807, 2.05) is 0 Å². The summed E-state index contributed by atoms with van der Waals surface area (Å²) >= 11 is 12.0. The smallest absolute Gasteiger partial charge is 0.303 e. The zero-order valence-electron chi connectivity index (χ0n) is 10.6. The summed E-state index contributed by atoms with van der Waals surface area (Å²) in [5.74, 6) is -0.778. The number of benzene rings is 1. The fourth-order valence-electron chi connectivity index (χ4n) is 1.77. The maximum Gasteiger partial charge on any atom is 0.303 e. The lowest BCUT2D eigenvalue weighted by atomic mass is 10.1. The van der Waals surface area contributed by atoms with Crippen molar-refractivity contribution in [2.45, 2.75) is 25.7 Å². The van der Waals surface area contributed by atoms with Gasteiger partial charge in [-0.15, -0.1) is 5.10 Å². The number of aliphatic carboxylic acids is 1. The van der Waals surface area contributed by atoms with Crippen LogP contribution in [0.25, 0.3) is 5.69 Å². The zero-order chi connectivity index (χ0) is 14.5. The van der Waals surface area contributed by atoms with Gasteiger partial charge in [-0.25, -0.2) is 4.68 Å². The van der Waals surface area contributed by atoms with Crippen molar-refractivity contribution < 1.29 is 9.90 Å². The van der Waals surface area contributed by atoms with E-state index in [2.05, 4.69) is 10.3 Å². The summed E-state index contributed by atoms with van der Waals surface area (Å²) in [5.41, 5.74) is 1.47. The van der Waals surface area contributed by atoms with Gasteiger partial charge in [-0.1, -0.05) is 28.4 Å². The van der Waals surface area contributed by atoms with E-state index in [0.717, 1.165) is 12.1 Å². The molecule has 0 fully saturated rings. The van der Waals surface area contributed by atoms with Crippen molar-refractivity contribution in [2.75, 3.05) is 0 Å². The minimum Gasteiger partial charge on any atom is -0.481 e. The summed E-state index contributed by atoms with van der Waals surface area (Å²) in [6.45, 7) is 0. The Morgan fingerprint density at radius 1 is 1.30 bits per heavy atom. The number of nitrogens with zero attached hydrogens (tertiary/aromatic N) is 3. The Kier molecular flexibility index (Phi) is 4.98. The number of hydrogen-bond donors (Lipinski definition) is 1. The molecule has 0 atom stereocenters. The monoisotopic (exact) mass is 313 g/mol. The van der Waals surface area contributed by atoms with Gasteiger partial charge >= 0.3 is 5.97 Å². The summed E-state index contributed by atoms with van der Waals surface area (Å²) in [5, 5.41) is 17.7. The maximum absolute atomic E-state index is 10.4. The van der Waals surface area contributed by atoms with Crippen molar-refractivity contribution in [1.82, 2.24) is 15.0 Å². The van der Waals surface area contributed by atoms with Gasteiger partial charge < -0.3 is 5.11 Å².